The van der Waals surface area contributed by atoms with E-state index in [2.05, 4.69) is 10.6 Å². The van der Waals surface area contributed by atoms with E-state index in [0.29, 0.717) is 22.8 Å². The second-order valence-electron chi connectivity index (χ2n) is 4.97. The van der Waals surface area contributed by atoms with Gasteiger partial charge in [0.05, 0.1) is 29.2 Å². The summed E-state index contributed by atoms with van der Waals surface area (Å²) in [5.41, 5.74) is 7.28. The van der Waals surface area contributed by atoms with Crippen molar-refractivity contribution in [3.8, 4) is 5.75 Å². The molecule has 5 N–H and O–H groups in total. The van der Waals surface area contributed by atoms with E-state index < -0.39 is 5.54 Å². The van der Waals surface area contributed by atoms with E-state index in [4.69, 9.17) is 10.5 Å². The number of carbonyl (C=O) groups excluding carboxylic acids is 1. The van der Waals surface area contributed by atoms with Gasteiger partial charge in [0, 0.05) is 6.07 Å². The quantitative estimate of drug-likeness (QED) is 0.613. The minimum Gasteiger partial charge on any atom is -0.482 e. The van der Waals surface area contributed by atoms with E-state index in [-0.39, 0.29) is 19.1 Å². The molecule has 1 aromatic carbocycles. The van der Waals surface area contributed by atoms with Gasteiger partial charge in [0.15, 0.2) is 6.61 Å². The number of nitrogens with two attached hydrogens (primary N) is 1. The molecule has 1 unspecified atom stereocenters. The van der Waals surface area contributed by atoms with Gasteiger partial charge in [-0.3, -0.25) is 4.79 Å². The fourth-order valence-corrected chi connectivity index (χ4v) is 1.82. The number of aliphatic hydroxyl groups excluding tert-OH is 1. The van der Waals surface area contributed by atoms with Gasteiger partial charge in [-0.05, 0) is 19.4 Å². The van der Waals surface area contributed by atoms with Crippen LogP contribution in [0.15, 0.2) is 12.1 Å². The molecule has 1 aliphatic heterocycles. The van der Waals surface area contributed by atoms with Gasteiger partial charge in [-0.15, -0.1) is 0 Å². The smallest absolute Gasteiger partial charge is 0.262 e. The van der Waals surface area contributed by atoms with Crippen LogP contribution in [0.3, 0.4) is 0 Å². The van der Waals surface area contributed by atoms with Gasteiger partial charge in [0.25, 0.3) is 5.91 Å². The maximum atomic E-state index is 11.3. The van der Waals surface area contributed by atoms with Crippen LogP contribution < -0.4 is 21.1 Å². The number of ether oxygens (including phenoxy) is 1. The Morgan fingerprint density at radius 3 is 2.95 bits per heavy atom. The van der Waals surface area contributed by atoms with Crippen LogP contribution in [-0.2, 0) is 4.79 Å². The molecule has 0 saturated carbocycles. The highest BCUT2D eigenvalue weighted by molar-refractivity contribution is 5.97. The molecule has 19 heavy (non-hydrogen) atoms. The lowest BCUT2D eigenvalue weighted by Gasteiger charge is -2.30. The van der Waals surface area contributed by atoms with Crippen molar-refractivity contribution in [1.29, 1.82) is 0 Å². The van der Waals surface area contributed by atoms with Gasteiger partial charge in [-0.25, -0.2) is 0 Å². The van der Waals surface area contributed by atoms with Gasteiger partial charge in [-0.2, -0.15) is 0 Å². The van der Waals surface area contributed by atoms with Crippen LogP contribution in [0.2, 0.25) is 0 Å². The number of aliphatic hydroxyl groups is 1. The van der Waals surface area contributed by atoms with Crippen molar-refractivity contribution in [1.82, 2.24) is 0 Å². The second kappa shape index (κ2) is 4.97. The molecule has 0 bridgehead atoms. The van der Waals surface area contributed by atoms with Gasteiger partial charge in [-0.1, -0.05) is 6.92 Å². The van der Waals surface area contributed by atoms with Crippen LogP contribution in [-0.4, -0.2) is 29.8 Å². The molecule has 0 aromatic heterocycles. The number of carbonyl (C=O) groups is 1. The number of amides is 1. The summed E-state index contributed by atoms with van der Waals surface area (Å²) in [4.78, 5) is 11.3. The van der Waals surface area contributed by atoms with Crippen molar-refractivity contribution >= 4 is 23.0 Å². The zero-order valence-electron chi connectivity index (χ0n) is 11.1. The molecule has 2 rings (SSSR count). The molecule has 1 heterocycles. The van der Waals surface area contributed by atoms with Crippen LogP contribution in [0, 0.1) is 0 Å². The third-order valence-corrected chi connectivity index (χ3v) is 3.35. The summed E-state index contributed by atoms with van der Waals surface area (Å²) in [5.74, 6) is 0.369. The minimum absolute atomic E-state index is 0.00251. The van der Waals surface area contributed by atoms with Gasteiger partial charge in [0.1, 0.15) is 5.75 Å². The predicted molar refractivity (Wildman–Crippen MR) is 74.4 cm³/mol. The van der Waals surface area contributed by atoms with Crippen molar-refractivity contribution in [2.45, 2.75) is 25.8 Å². The Hall–Kier alpha value is -1.95. The molecule has 0 saturated heterocycles. The van der Waals surface area contributed by atoms with Crippen molar-refractivity contribution in [2.24, 2.45) is 0 Å². The molecule has 104 valence electrons. The average molecular weight is 265 g/mol. The Balaban J connectivity index is 2.31. The highest BCUT2D eigenvalue weighted by atomic mass is 16.5. The van der Waals surface area contributed by atoms with Crippen LogP contribution in [0.4, 0.5) is 17.1 Å². The Kier molecular flexibility index (Phi) is 3.53. The molecule has 1 atom stereocenters. The minimum atomic E-state index is -0.456. The van der Waals surface area contributed by atoms with E-state index in [9.17, 15) is 9.90 Å². The monoisotopic (exact) mass is 265 g/mol. The van der Waals surface area contributed by atoms with E-state index in [1.807, 2.05) is 13.8 Å². The lowest BCUT2D eigenvalue weighted by Crippen LogP contribution is -2.38. The molecule has 0 radical (unpaired) electrons. The number of hydrogen-bond acceptors (Lipinski definition) is 5. The average Bonchev–Trinajstić information content (AvgIpc) is 2.40. The Morgan fingerprint density at radius 2 is 2.32 bits per heavy atom. The first-order valence-corrected chi connectivity index (χ1v) is 6.22. The SMILES string of the molecule is CCC(C)(CO)Nc1cc2c(cc1N)OCC(=O)N2. The molecule has 6 heteroatoms. The molecule has 0 aliphatic carbocycles. The summed E-state index contributed by atoms with van der Waals surface area (Å²) in [5, 5.41) is 15.4. The predicted octanol–water partition coefficient (Wildman–Crippen LogP) is 1.17. The lowest BCUT2D eigenvalue weighted by molar-refractivity contribution is -0.118. The highest BCUT2D eigenvalue weighted by Crippen LogP contribution is 2.36. The highest BCUT2D eigenvalue weighted by Gasteiger charge is 2.23. The van der Waals surface area contributed by atoms with E-state index in [1.54, 1.807) is 12.1 Å². The Bertz CT molecular complexity index is 498. The van der Waals surface area contributed by atoms with E-state index in [0.717, 1.165) is 6.42 Å². The summed E-state index contributed by atoms with van der Waals surface area (Å²) in [6.45, 7) is 3.87. The third-order valence-electron chi connectivity index (χ3n) is 3.35. The summed E-state index contributed by atoms with van der Waals surface area (Å²) in [6.07, 6.45) is 0.739. The van der Waals surface area contributed by atoms with Gasteiger partial charge in [0.2, 0.25) is 0 Å². The van der Waals surface area contributed by atoms with Crippen LogP contribution in [0.5, 0.6) is 5.75 Å². The van der Waals surface area contributed by atoms with Crippen molar-refractivity contribution < 1.29 is 14.6 Å². The number of nitrogens with one attached hydrogen (secondary N) is 2. The number of benzene rings is 1. The van der Waals surface area contributed by atoms with Gasteiger partial charge < -0.3 is 26.2 Å². The fraction of sp³-hybridized carbons (Fsp3) is 0.462. The number of fused-ring (bicyclic) bond motifs is 1. The lowest BCUT2D eigenvalue weighted by atomic mass is 9.99. The van der Waals surface area contributed by atoms with Crippen LogP contribution in [0.25, 0.3) is 0 Å². The fourth-order valence-electron chi connectivity index (χ4n) is 1.82. The number of nitrogen functional groups attached to an aromatic ring is 1. The van der Waals surface area contributed by atoms with E-state index >= 15 is 0 Å². The number of rotatable bonds is 4. The molecule has 0 spiro atoms. The molecular weight excluding hydrogens is 246 g/mol. The third kappa shape index (κ3) is 2.73. The van der Waals surface area contributed by atoms with Gasteiger partial charge >= 0.3 is 0 Å². The van der Waals surface area contributed by atoms with E-state index in [1.165, 1.54) is 0 Å². The zero-order valence-corrected chi connectivity index (χ0v) is 11.1. The molecule has 0 fully saturated rings. The molecular formula is C13H19N3O3. The summed E-state index contributed by atoms with van der Waals surface area (Å²) >= 11 is 0. The first-order chi connectivity index (χ1) is 8.97. The Labute approximate surface area is 111 Å². The topological polar surface area (TPSA) is 96.6 Å². The maximum Gasteiger partial charge on any atom is 0.262 e. The zero-order chi connectivity index (χ0) is 14.0. The summed E-state index contributed by atoms with van der Waals surface area (Å²) < 4.78 is 5.29. The van der Waals surface area contributed by atoms with Crippen LogP contribution >= 0.6 is 0 Å². The first kappa shape index (κ1) is 13.5. The summed E-state index contributed by atoms with van der Waals surface area (Å²) in [6, 6.07) is 3.40. The maximum absolute atomic E-state index is 11.3. The molecule has 6 nitrogen and oxygen atoms in total. The first-order valence-electron chi connectivity index (χ1n) is 6.22. The molecule has 1 aliphatic rings. The standard InChI is InChI=1S/C13H19N3O3/c1-3-13(2,7-17)16-9-5-10-11(4-8(9)14)19-6-12(18)15-10/h4-5,16-17H,3,6-7,14H2,1-2H3,(H,15,18). The summed E-state index contributed by atoms with van der Waals surface area (Å²) in [7, 11) is 0. The number of anilines is 3. The largest absolute Gasteiger partial charge is 0.482 e. The van der Waals surface area contributed by atoms with Crippen molar-refractivity contribution in [3.05, 3.63) is 12.1 Å². The number of hydrogen-bond donors (Lipinski definition) is 4. The normalized spacial score (nSPS) is 16.9. The Morgan fingerprint density at radius 1 is 1.58 bits per heavy atom. The molecule has 1 aromatic rings. The van der Waals surface area contributed by atoms with Crippen LogP contribution in [0.1, 0.15) is 20.3 Å². The molecule has 1 amide bonds. The van der Waals surface area contributed by atoms with Crippen molar-refractivity contribution in [3.63, 3.8) is 0 Å². The van der Waals surface area contributed by atoms with Crippen molar-refractivity contribution in [2.75, 3.05) is 29.6 Å². The second-order valence-corrected chi connectivity index (χ2v) is 4.97.